The van der Waals surface area contributed by atoms with Gasteiger partial charge in [-0.25, -0.2) is 13.1 Å². The van der Waals surface area contributed by atoms with Crippen LogP contribution >= 0.6 is 0 Å². The number of sulfonamides is 1. The molecule has 162 valence electrons. The number of carbonyl (C=O) groups is 1. The maximum atomic E-state index is 12.1. The van der Waals surface area contributed by atoms with Crippen LogP contribution in [0.15, 0.2) is 84.9 Å². The van der Waals surface area contributed by atoms with E-state index < -0.39 is 10.0 Å². The normalized spacial score (nSPS) is 11.1. The number of carbonyl (C=O) groups excluding carboxylic acids is 1. The van der Waals surface area contributed by atoms with E-state index in [1.54, 1.807) is 0 Å². The lowest BCUT2D eigenvalue weighted by molar-refractivity contribution is -0.121. The van der Waals surface area contributed by atoms with Gasteiger partial charge in [0.2, 0.25) is 15.9 Å². The summed E-state index contributed by atoms with van der Waals surface area (Å²) in [5, 5.41) is 2.63. The average molecular weight is 439 g/mol. The zero-order valence-electron chi connectivity index (χ0n) is 17.2. The highest BCUT2D eigenvalue weighted by molar-refractivity contribution is 7.89. The number of nitrogens with one attached hydrogen (secondary N) is 2. The van der Waals surface area contributed by atoms with Crippen molar-refractivity contribution in [1.82, 2.24) is 10.0 Å². The van der Waals surface area contributed by atoms with Crippen LogP contribution in [0.1, 0.15) is 12.0 Å². The highest BCUT2D eigenvalue weighted by atomic mass is 32.2. The number of rotatable bonds is 11. The van der Waals surface area contributed by atoms with Gasteiger partial charge in [-0.15, -0.1) is 0 Å². The second-order valence-electron chi connectivity index (χ2n) is 6.94. The van der Waals surface area contributed by atoms with Gasteiger partial charge in [0.25, 0.3) is 0 Å². The summed E-state index contributed by atoms with van der Waals surface area (Å²) in [5.41, 5.74) is 2.87. The van der Waals surface area contributed by atoms with Gasteiger partial charge in [-0.1, -0.05) is 78.9 Å². The van der Waals surface area contributed by atoms with Crippen molar-refractivity contribution in [2.45, 2.75) is 13.0 Å². The first-order valence-corrected chi connectivity index (χ1v) is 11.7. The first-order chi connectivity index (χ1) is 15.0. The monoisotopic (exact) mass is 438 g/mol. The zero-order chi connectivity index (χ0) is 21.9. The second-order valence-corrected chi connectivity index (χ2v) is 8.86. The van der Waals surface area contributed by atoms with E-state index in [1.807, 2.05) is 84.9 Å². The Morgan fingerprint density at radius 3 is 2.23 bits per heavy atom. The first-order valence-electron chi connectivity index (χ1n) is 10.1. The Morgan fingerprint density at radius 1 is 0.839 bits per heavy atom. The molecule has 0 aliphatic carbocycles. The molecule has 1 amide bonds. The van der Waals surface area contributed by atoms with E-state index >= 15 is 0 Å². The molecule has 0 aliphatic rings. The molecule has 0 spiro atoms. The van der Waals surface area contributed by atoms with Crippen LogP contribution in [0.25, 0.3) is 11.1 Å². The van der Waals surface area contributed by atoms with Crippen LogP contribution in [0.3, 0.4) is 0 Å². The molecule has 0 unspecified atom stereocenters. The maximum absolute atomic E-state index is 12.1. The van der Waals surface area contributed by atoms with Crippen molar-refractivity contribution in [3.05, 3.63) is 90.5 Å². The topological polar surface area (TPSA) is 84.5 Å². The molecular formula is C24H26N2O4S. The van der Waals surface area contributed by atoms with Crippen molar-refractivity contribution >= 4 is 15.9 Å². The molecular weight excluding hydrogens is 412 g/mol. The quantitative estimate of drug-likeness (QED) is 0.481. The van der Waals surface area contributed by atoms with Crippen LogP contribution in [-0.2, 0) is 21.4 Å². The first kappa shape index (κ1) is 22.5. The van der Waals surface area contributed by atoms with Gasteiger partial charge < -0.3 is 10.1 Å². The maximum Gasteiger partial charge on any atom is 0.223 e. The van der Waals surface area contributed by atoms with Crippen LogP contribution in [0.4, 0.5) is 0 Å². The highest BCUT2D eigenvalue weighted by Gasteiger charge is 2.11. The highest BCUT2D eigenvalue weighted by Crippen LogP contribution is 2.29. The van der Waals surface area contributed by atoms with Gasteiger partial charge >= 0.3 is 0 Å². The fourth-order valence-electron chi connectivity index (χ4n) is 2.98. The summed E-state index contributed by atoms with van der Waals surface area (Å²) in [6, 6.07) is 26.8. The predicted octanol–water partition coefficient (Wildman–Crippen LogP) is 3.36. The fourth-order valence-corrected chi connectivity index (χ4v) is 3.88. The molecule has 0 aromatic heterocycles. The molecule has 3 aromatic carbocycles. The van der Waals surface area contributed by atoms with E-state index in [0.717, 1.165) is 16.7 Å². The Bertz CT molecular complexity index is 1070. The van der Waals surface area contributed by atoms with E-state index in [9.17, 15) is 13.2 Å². The summed E-state index contributed by atoms with van der Waals surface area (Å²) >= 11 is 0. The van der Waals surface area contributed by atoms with Gasteiger partial charge in [-0.05, 0) is 17.2 Å². The van der Waals surface area contributed by atoms with Crippen LogP contribution in [0, 0.1) is 0 Å². The van der Waals surface area contributed by atoms with Gasteiger partial charge in [0, 0.05) is 18.7 Å². The molecule has 3 rings (SSSR count). The molecule has 0 radical (unpaired) electrons. The lowest BCUT2D eigenvalue weighted by Gasteiger charge is -2.12. The molecule has 31 heavy (non-hydrogen) atoms. The van der Waals surface area contributed by atoms with E-state index in [0.29, 0.717) is 5.75 Å². The van der Waals surface area contributed by atoms with Gasteiger partial charge in [0.05, 0.1) is 18.8 Å². The standard InChI is InChI=1S/C24H26N2O4S/c27-24(25-16-18-31(28,29)26-19-20-9-3-1-4-10-20)15-17-30-23-14-8-7-13-22(23)21-11-5-2-6-12-21/h1-14,26H,15-19H2,(H,25,27). The summed E-state index contributed by atoms with van der Waals surface area (Å²) in [5.74, 6) is 0.271. The number of hydrogen-bond acceptors (Lipinski definition) is 4. The minimum absolute atomic E-state index is 0.0452. The molecule has 3 aromatic rings. The molecule has 6 nitrogen and oxygen atoms in total. The average Bonchev–Trinajstić information content (AvgIpc) is 2.79. The van der Waals surface area contributed by atoms with Crippen molar-refractivity contribution < 1.29 is 17.9 Å². The minimum Gasteiger partial charge on any atom is -0.492 e. The molecule has 0 saturated carbocycles. The van der Waals surface area contributed by atoms with E-state index in [2.05, 4.69) is 10.0 Å². The van der Waals surface area contributed by atoms with Gasteiger partial charge in [0.15, 0.2) is 0 Å². The Kier molecular flexibility index (Phi) is 8.20. The molecule has 0 saturated heterocycles. The van der Waals surface area contributed by atoms with Crippen LogP contribution < -0.4 is 14.8 Å². The van der Waals surface area contributed by atoms with E-state index in [4.69, 9.17) is 4.74 Å². The SMILES string of the molecule is O=C(CCOc1ccccc1-c1ccccc1)NCCS(=O)(=O)NCc1ccccc1. The Labute approximate surface area is 183 Å². The van der Waals surface area contributed by atoms with Crippen molar-refractivity contribution in [2.75, 3.05) is 18.9 Å². The third-order valence-corrected chi connectivity index (χ3v) is 5.92. The fraction of sp³-hybridized carbons (Fsp3) is 0.208. The van der Waals surface area contributed by atoms with Crippen molar-refractivity contribution in [2.24, 2.45) is 0 Å². The van der Waals surface area contributed by atoms with Gasteiger partial charge in [-0.2, -0.15) is 0 Å². The lowest BCUT2D eigenvalue weighted by atomic mass is 10.1. The molecule has 7 heteroatoms. The number of benzene rings is 3. The third kappa shape index (κ3) is 7.55. The smallest absolute Gasteiger partial charge is 0.223 e. The molecule has 0 bridgehead atoms. The summed E-state index contributed by atoms with van der Waals surface area (Å²) in [4.78, 5) is 12.0. The number of ether oxygens (including phenoxy) is 1. The Hall–Kier alpha value is -3.16. The van der Waals surface area contributed by atoms with Crippen LogP contribution in [-0.4, -0.2) is 33.2 Å². The van der Waals surface area contributed by atoms with Crippen LogP contribution in [0.5, 0.6) is 5.75 Å². The summed E-state index contributed by atoms with van der Waals surface area (Å²) < 4.78 is 32.5. The number of hydrogen-bond donors (Lipinski definition) is 2. The van der Waals surface area contributed by atoms with E-state index in [1.165, 1.54) is 0 Å². The third-order valence-electron chi connectivity index (χ3n) is 4.59. The summed E-state index contributed by atoms with van der Waals surface area (Å²) in [6.45, 7) is 0.476. The largest absolute Gasteiger partial charge is 0.492 e. The number of amides is 1. The molecule has 2 N–H and O–H groups in total. The zero-order valence-corrected chi connectivity index (χ0v) is 18.0. The second kappa shape index (κ2) is 11.3. The lowest BCUT2D eigenvalue weighted by Crippen LogP contribution is -2.34. The summed E-state index contributed by atoms with van der Waals surface area (Å²) in [7, 11) is -3.47. The van der Waals surface area contributed by atoms with Crippen molar-refractivity contribution in [3.63, 3.8) is 0 Å². The molecule has 0 heterocycles. The summed E-state index contributed by atoms with van der Waals surface area (Å²) in [6.07, 6.45) is 0.139. The Morgan fingerprint density at radius 2 is 1.48 bits per heavy atom. The van der Waals surface area contributed by atoms with Gasteiger partial charge in [-0.3, -0.25) is 4.79 Å². The number of para-hydroxylation sites is 1. The van der Waals surface area contributed by atoms with Crippen LogP contribution in [0.2, 0.25) is 0 Å². The molecule has 0 aliphatic heterocycles. The predicted molar refractivity (Wildman–Crippen MR) is 122 cm³/mol. The van der Waals surface area contributed by atoms with E-state index in [-0.39, 0.29) is 37.8 Å². The minimum atomic E-state index is -3.47. The Balaban J connectivity index is 1.39. The van der Waals surface area contributed by atoms with Gasteiger partial charge in [0.1, 0.15) is 5.75 Å². The van der Waals surface area contributed by atoms with Crippen molar-refractivity contribution in [3.8, 4) is 16.9 Å². The van der Waals surface area contributed by atoms with Crippen molar-refractivity contribution in [1.29, 1.82) is 0 Å². The molecule has 0 fully saturated rings. The molecule has 0 atom stereocenters.